The van der Waals surface area contributed by atoms with Gasteiger partial charge in [-0.05, 0) is 73.3 Å². The topological polar surface area (TPSA) is 29.9 Å². The first-order valence-corrected chi connectivity index (χ1v) is 8.36. The van der Waals surface area contributed by atoms with Gasteiger partial charge < -0.3 is 5.32 Å². The molecule has 0 aromatic carbocycles. The van der Waals surface area contributed by atoms with E-state index in [4.69, 9.17) is 0 Å². The zero-order chi connectivity index (χ0) is 13.4. The Hall–Kier alpha value is -0.350. The molecule has 2 aliphatic rings. The summed E-state index contributed by atoms with van der Waals surface area (Å²) in [5.74, 6) is 1.69. The molecule has 106 valence electrons. The Morgan fingerprint density at radius 3 is 2.63 bits per heavy atom. The largest absolute Gasteiger partial charge is 0.314 e. The number of halogens is 1. The Morgan fingerprint density at radius 2 is 2.00 bits per heavy atom. The highest BCUT2D eigenvalue weighted by Crippen LogP contribution is 2.36. The fourth-order valence-electron chi connectivity index (χ4n) is 3.41. The number of hydrogen-bond donors (Lipinski definition) is 1. The quantitative estimate of drug-likeness (QED) is 0.900. The van der Waals surface area contributed by atoms with Gasteiger partial charge in [-0.25, -0.2) is 0 Å². The lowest BCUT2D eigenvalue weighted by Gasteiger charge is -2.20. The second-order valence-electron chi connectivity index (χ2n) is 6.31. The molecule has 0 bridgehead atoms. The van der Waals surface area contributed by atoms with Gasteiger partial charge in [0, 0.05) is 13.1 Å². The van der Waals surface area contributed by atoms with Crippen molar-refractivity contribution in [3.8, 4) is 0 Å². The molecule has 0 aliphatic heterocycles. The predicted octanol–water partition coefficient (Wildman–Crippen LogP) is 3.20. The predicted molar refractivity (Wildman–Crippen MR) is 81.2 cm³/mol. The molecule has 2 fully saturated rings. The molecular weight excluding hydrogens is 302 g/mol. The van der Waals surface area contributed by atoms with Gasteiger partial charge in [-0.1, -0.05) is 6.42 Å². The smallest absolute Gasteiger partial charge is 0.0738 e. The van der Waals surface area contributed by atoms with Crippen molar-refractivity contribution in [2.24, 2.45) is 18.9 Å². The lowest BCUT2D eigenvalue weighted by atomic mass is 9.91. The fraction of sp³-hybridized carbons (Fsp3) is 0.800. The molecule has 1 heterocycles. The SMILES string of the molecule is Cc1nn(C)c(CC2CCCC2CNC2CC2)c1Br. The Kier molecular flexibility index (Phi) is 3.99. The van der Waals surface area contributed by atoms with Crippen LogP contribution in [-0.2, 0) is 13.5 Å². The van der Waals surface area contributed by atoms with Crippen molar-refractivity contribution in [1.82, 2.24) is 15.1 Å². The summed E-state index contributed by atoms with van der Waals surface area (Å²) in [4.78, 5) is 0. The minimum Gasteiger partial charge on any atom is -0.314 e. The molecule has 19 heavy (non-hydrogen) atoms. The van der Waals surface area contributed by atoms with Crippen LogP contribution >= 0.6 is 15.9 Å². The molecule has 2 unspecified atom stereocenters. The second-order valence-corrected chi connectivity index (χ2v) is 7.10. The van der Waals surface area contributed by atoms with E-state index >= 15 is 0 Å². The molecular formula is C15H24BrN3. The molecule has 2 atom stereocenters. The molecule has 3 rings (SSSR count). The first-order chi connectivity index (χ1) is 9.15. The van der Waals surface area contributed by atoms with E-state index in [9.17, 15) is 0 Å². The second kappa shape index (κ2) is 5.57. The van der Waals surface area contributed by atoms with Crippen LogP contribution in [0.2, 0.25) is 0 Å². The molecule has 0 radical (unpaired) electrons. The Bertz CT molecular complexity index is 450. The lowest BCUT2D eigenvalue weighted by Crippen LogP contribution is -2.28. The van der Waals surface area contributed by atoms with Crippen molar-refractivity contribution in [1.29, 1.82) is 0 Å². The van der Waals surface area contributed by atoms with Crippen molar-refractivity contribution in [2.75, 3.05) is 6.54 Å². The van der Waals surface area contributed by atoms with Crippen LogP contribution in [0, 0.1) is 18.8 Å². The van der Waals surface area contributed by atoms with Crippen LogP contribution in [0.1, 0.15) is 43.5 Å². The van der Waals surface area contributed by atoms with Crippen molar-refractivity contribution >= 4 is 15.9 Å². The van der Waals surface area contributed by atoms with Gasteiger partial charge in [0.05, 0.1) is 15.9 Å². The zero-order valence-corrected chi connectivity index (χ0v) is 13.5. The van der Waals surface area contributed by atoms with Crippen LogP contribution in [0.15, 0.2) is 4.47 Å². The van der Waals surface area contributed by atoms with Gasteiger partial charge in [-0.3, -0.25) is 4.68 Å². The minimum absolute atomic E-state index is 0.831. The molecule has 1 N–H and O–H groups in total. The van der Waals surface area contributed by atoms with Crippen LogP contribution in [0.3, 0.4) is 0 Å². The Morgan fingerprint density at radius 1 is 1.26 bits per heavy atom. The van der Waals surface area contributed by atoms with Crippen LogP contribution in [0.5, 0.6) is 0 Å². The maximum absolute atomic E-state index is 4.52. The summed E-state index contributed by atoms with van der Waals surface area (Å²) in [6, 6.07) is 0.840. The van der Waals surface area contributed by atoms with Gasteiger partial charge in [0.2, 0.25) is 0 Å². The van der Waals surface area contributed by atoms with Gasteiger partial charge >= 0.3 is 0 Å². The van der Waals surface area contributed by atoms with E-state index in [1.165, 1.54) is 55.2 Å². The van der Waals surface area contributed by atoms with E-state index in [2.05, 4.69) is 45.0 Å². The standard InChI is InChI=1S/C15H24BrN3/c1-10-15(16)14(19(2)18-10)8-11-4-3-5-12(11)9-17-13-6-7-13/h11-13,17H,3-9H2,1-2H3. The third-order valence-electron chi connectivity index (χ3n) is 4.78. The fourth-order valence-corrected chi connectivity index (χ4v) is 3.90. The summed E-state index contributed by atoms with van der Waals surface area (Å²) in [7, 11) is 2.07. The number of nitrogens with zero attached hydrogens (tertiary/aromatic N) is 2. The summed E-state index contributed by atoms with van der Waals surface area (Å²) in [6.45, 7) is 3.30. The number of rotatable bonds is 5. The lowest BCUT2D eigenvalue weighted by molar-refractivity contribution is 0.357. The molecule has 3 nitrogen and oxygen atoms in total. The monoisotopic (exact) mass is 325 g/mol. The first-order valence-electron chi connectivity index (χ1n) is 7.56. The van der Waals surface area contributed by atoms with Crippen molar-refractivity contribution < 1.29 is 0 Å². The van der Waals surface area contributed by atoms with Crippen molar-refractivity contribution in [3.05, 3.63) is 15.9 Å². The van der Waals surface area contributed by atoms with Crippen LogP contribution in [-0.4, -0.2) is 22.4 Å². The average Bonchev–Trinajstić information content (AvgIpc) is 3.06. The van der Waals surface area contributed by atoms with Gasteiger partial charge in [0.25, 0.3) is 0 Å². The summed E-state index contributed by atoms with van der Waals surface area (Å²) < 4.78 is 3.28. The third kappa shape index (κ3) is 3.05. The molecule has 0 amide bonds. The highest BCUT2D eigenvalue weighted by Gasteiger charge is 2.30. The van der Waals surface area contributed by atoms with E-state index in [-0.39, 0.29) is 0 Å². The van der Waals surface area contributed by atoms with Crippen LogP contribution in [0.4, 0.5) is 0 Å². The maximum atomic E-state index is 4.52. The van der Waals surface area contributed by atoms with Gasteiger partial charge in [-0.2, -0.15) is 5.10 Å². The van der Waals surface area contributed by atoms with Gasteiger partial charge in [0.15, 0.2) is 0 Å². The summed E-state index contributed by atoms with van der Waals surface area (Å²) >= 11 is 3.70. The number of hydrogen-bond acceptors (Lipinski definition) is 2. The van der Waals surface area contributed by atoms with Crippen molar-refractivity contribution in [2.45, 2.75) is 51.5 Å². The molecule has 0 saturated heterocycles. The first kappa shape index (κ1) is 13.6. The van der Waals surface area contributed by atoms with Crippen LogP contribution < -0.4 is 5.32 Å². The number of aryl methyl sites for hydroxylation is 2. The highest BCUT2D eigenvalue weighted by molar-refractivity contribution is 9.10. The summed E-state index contributed by atoms with van der Waals surface area (Å²) in [5, 5.41) is 8.23. The third-order valence-corrected chi connectivity index (χ3v) is 5.81. The zero-order valence-electron chi connectivity index (χ0n) is 12.0. The van der Waals surface area contributed by atoms with E-state index in [0.717, 1.165) is 23.6 Å². The highest BCUT2D eigenvalue weighted by atomic mass is 79.9. The molecule has 0 spiro atoms. The maximum Gasteiger partial charge on any atom is 0.0738 e. The molecule has 1 aromatic heterocycles. The average molecular weight is 326 g/mol. The number of nitrogens with one attached hydrogen (secondary N) is 1. The molecule has 1 aromatic rings. The van der Waals surface area contributed by atoms with Gasteiger partial charge in [0.1, 0.15) is 0 Å². The minimum atomic E-state index is 0.831. The Labute approximate surface area is 124 Å². The van der Waals surface area contributed by atoms with E-state index in [0.29, 0.717) is 0 Å². The molecule has 2 aliphatic carbocycles. The Balaban J connectivity index is 1.63. The van der Waals surface area contributed by atoms with Crippen molar-refractivity contribution in [3.63, 3.8) is 0 Å². The van der Waals surface area contributed by atoms with Crippen LogP contribution in [0.25, 0.3) is 0 Å². The van der Waals surface area contributed by atoms with Gasteiger partial charge in [-0.15, -0.1) is 0 Å². The summed E-state index contributed by atoms with van der Waals surface area (Å²) in [6.07, 6.45) is 8.14. The molecule has 4 heteroatoms. The van der Waals surface area contributed by atoms with E-state index in [1.807, 2.05) is 0 Å². The van der Waals surface area contributed by atoms with E-state index in [1.54, 1.807) is 0 Å². The van der Waals surface area contributed by atoms with E-state index < -0.39 is 0 Å². The summed E-state index contributed by atoms with van der Waals surface area (Å²) in [5.41, 5.74) is 2.49. The normalized spacial score (nSPS) is 27.1. The molecule has 2 saturated carbocycles. The number of aromatic nitrogens is 2.